The quantitative estimate of drug-likeness (QED) is 0.575. The lowest BCUT2D eigenvalue weighted by Gasteiger charge is -2.36. The molecule has 0 atom stereocenters. The van der Waals surface area contributed by atoms with E-state index < -0.39 is 5.79 Å². The van der Waals surface area contributed by atoms with E-state index in [2.05, 4.69) is 44.7 Å². The molecule has 0 radical (unpaired) electrons. The Morgan fingerprint density at radius 1 is 1.14 bits per heavy atom. The van der Waals surface area contributed by atoms with E-state index in [0.29, 0.717) is 31.3 Å². The summed E-state index contributed by atoms with van der Waals surface area (Å²) in [7, 11) is 0. The first-order valence-corrected chi connectivity index (χ1v) is 10.2. The molecule has 154 valence electrons. The molecule has 0 bridgehead atoms. The van der Waals surface area contributed by atoms with E-state index in [0.717, 1.165) is 42.7 Å². The monoisotopic (exact) mass is 397 g/mol. The number of tetrazole rings is 1. The molecule has 1 fully saturated rings. The number of benzene rings is 1. The summed E-state index contributed by atoms with van der Waals surface area (Å²) in [6.45, 7) is 4.84. The fourth-order valence-corrected chi connectivity index (χ4v) is 3.70. The van der Waals surface area contributed by atoms with Crippen LogP contribution < -0.4 is 0 Å². The molecule has 8 heteroatoms. The van der Waals surface area contributed by atoms with Crippen LogP contribution in [0.3, 0.4) is 0 Å². The molecule has 1 aromatic carbocycles. The number of hydrogen-bond acceptors (Lipinski definition) is 7. The zero-order valence-corrected chi connectivity index (χ0v) is 17.0. The van der Waals surface area contributed by atoms with Gasteiger partial charge >= 0.3 is 0 Å². The molecule has 0 aliphatic heterocycles. The highest BCUT2D eigenvalue weighted by Gasteiger charge is 2.34. The van der Waals surface area contributed by atoms with Gasteiger partial charge in [-0.3, -0.25) is 0 Å². The lowest BCUT2D eigenvalue weighted by atomic mass is 9.94. The summed E-state index contributed by atoms with van der Waals surface area (Å²) in [6.07, 6.45) is 5.74. The van der Waals surface area contributed by atoms with Gasteiger partial charge in [-0.05, 0) is 38.8 Å². The summed E-state index contributed by atoms with van der Waals surface area (Å²) in [4.78, 5) is 4.68. The molecule has 1 aliphatic rings. The Balaban J connectivity index is 1.42. The topological polar surface area (TPSA) is 99.0 Å². The second-order valence-corrected chi connectivity index (χ2v) is 7.58. The Kier molecular flexibility index (Phi) is 6.01. The summed E-state index contributed by atoms with van der Waals surface area (Å²) in [6, 6.07) is 8.14. The average molecular weight is 397 g/mol. The Bertz CT molecular complexity index is 916. The zero-order valence-electron chi connectivity index (χ0n) is 17.0. The Hall–Kier alpha value is -2.58. The minimum atomic E-state index is -0.586. The zero-order chi connectivity index (χ0) is 20.1. The van der Waals surface area contributed by atoms with E-state index in [4.69, 9.17) is 13.9 Å². The summed E-state index contributed by atoms with van der Waals surface area (Å²) in [5.74, 6) is 1.46. The van der Waals surface area contributed by atoms with E-state index in [-0.39, 0.29) is 0 Å². The third-order valence-corrected chi connectivity index (χ3v) is 5.32. The van der Waals surface area contributed by atoms with Gasteiger partial charge in [-0.1, -0.05) is 29.3 Å². The van der Waals surface area contributed by atoms with E-state index >= 15 is 0 Å². The molecule has 1 aliphatic carbocycles. The molecule has 4 rings (SSSR count). The molecule has 8 nitrogen and oxygen atoms in total. The van der Waals surface area contributed by atoms with E-state index in [9.17, 15) is 0 Å². The van der Waals surface area contributed by atoms with Crippen molar-refractivity contribution < 1.29 is 13.9 Å². The second kappa shape index (κ2) is 8.84. The molecular formula is C21H27N5O3. The first-order valence-electron chi connectivity index (χ1n) is 10.2. The van der Waals surface area contributed by atoms with Gasteiger partial charge < -0.3 is 13.9 Å². The van der Waals surface area contributed by atoms with Crippen LogP contribution in [0.2, 0.25) is 0 Å². The van der Waals surface area contributed by atoms with Gasteiger partial charge in [0.1, 0.15) is 11.5 Å². The highest BCUT2D eigenvalue weighted by atomic mass is 16.7. The Morgan fingerprint density at radius 3 is 2.76 bits per heavy atom. The van der Waals surface area contributed by atoms with Crippen molar-refractivity contribution in [3.8, 4) is 11.5 Å². The Morgan fingerprint density at radius 2 is 2.00 bits per heavy atom. The van der Waals surface area contributed by atoms with Gasteiger partial charge in [0.2, 0.25) is 5.89 Å². The molecule has 0 saturated heterocycles. The summed E-state index contributed by atoms with van der Waals surface area (Å²) >= 11 is 0. The molecule has 29 heavy (non-hydrogen) atoms. The van der Waals surface area contributed by atoms with Crippen molar-refractivity contribution in [1.29, 1.82) is 0 Å². The maximum absolute atomic E-state index is 6.32. The van der Waals surface area contributed by atoms with Crippen molar-refractivity contribution in [2.45, 2.75) is 64.8 Å². The number of H-pyrrole nitrogens is 1. The lowest BCUT2D eigenvalue weighted by Crippen LogP contribution is -2.38. The van der Waals surface area contributed by atoms with Crippen LogP contribution in [-0.2, 0) is 22.5 Å². The van der Waals surface area contributed by atoms with Gasteiger partial charge in [-0.15, -0.1) is 10.2 Å². The van der Waals surface area contributed by atoms with Crippen molar-refractivity contribution in [3.05, 3.63) is 47.1 Å². The largest absolute Gasteiger partial charge is 0.441 e. The molecule has 1 N–H and O–H groups in total. The number of nitrogens with zero attached hydrogens (tertiary/aromatic N) is 4. The van der Waals surface area contributed by atoms with Crippen LogP contribution in [0.1, 0.15) is 54.9 Å². The highest BCUT2D eigenvalue weighted by molar-refractivity contribution is 5.54. The first-order chi connectivity index (χ1) is 14.1. The molecule has 0 unspecified atom stereocenters. The van der Waals surface area contributed by atoms with Crippen molar-refractivity contribution in [1.82, 2.24) is 25.6 Å². The smallest absolute Gasteiger partial charge is 0.226 e. The number of oxazole rings is 1. The number of aromatic amines is 1. The third-order valence-electron chi connectivity index (χ3n) is 5.32. The standard InChI is InChI=1S/C21H27N5O3/c1-15-7-6-8-17(13-15)20-22-18(16(2)29-20)14-28-21(10-4-3-5-11-21)27-12-9-19-23-25-26-24-19/h6-8,13H,3-5,9-12,14H2,1-2H3,(H,23,24,25,26). The fraction of sp³-hybridized carbons (Fsp3) is 0.524. The SMILES string of the molecule is Cc1cccc(-c2nc(COC3(OCCc4nn[nH]n4)CCCCC3)c(C)o2)c1. The van der Waals surface area contributed by atoms with Crippen molar-refractivity contribution in [2.24, 2.45) is 0 Å². The summed E-state index contributed by atoms with van der Waals surface area (Å²) < 4.78 is 18.4. The normalized spacial score (nSPS) is 16.2. The van der Waals surface area contributed by atoms with E-state index in [1.54, 1.807) is 0 Å². The summed E-state index contributed by atoms with van der Waals surface area (Å²) in [5, 5.41) is 14.0. The van der Waals surface area contributed by atoms with Gasteiger partial charge in [0.15, 0.2) is 11.6 Å². The van der Waals surface area contributed by atoms with Gasteiger partial charge in [0.05, 0.1) is 13.2 Å². The molecule has 2 aromatic heterocycles. The van der Waals surface area contributed by atoms with Crippen LogP contribution in [0.5, 0.6) is 0 Å². The van der Waals surface area contributed by atoms with Crippen LogP contribution >= 0.6 is 0 Å². The lowest BCUT2D eigenvalue weighted by molar-refractivity contribution is -0.258. The van der Waals surface area contributed by atoms with Crippen LogP contribution in [-0.4, -0.2) is 38.0 Å². The van der Waals surface area contributed by atoms with Gasteiger partial charge in [0.25, 0.3) is 0 Å². The molecule has 1 saturated carbocycles. The van der Waals surface area contributed by atoms with Crippen molar-refractivity contribution in [2.75, 3.05) is 6.61 Å². The molecular weight excluding hydrogens is 370 g/mol. The average Bonchev–Trinajstić information content (AvgIpc) is 3.37. The van der Waals surface area contributed by atoms with Gasteiger partial charge in [-0.25, -0.2) is 4.98 Å². The van der Waals surface area contributed by atoms with Crippen molar-refractivity contribution >= 4 is 0 Å². The van der Waals surface area contributed by atoms with Gasteiger partial charge in [-0.2, -0.15) is 5.21 Å². The number of aromatic nitrogens is 5. The van der Waals surface area contributed by atoms with Crippen LogP contribution in [0.15, 0.2) is 28.7 Å². The predicted molar refractivity (Wildman–Crippen MR) is 106 cm³/mol. The third kappa shape index (κ3) is 4.89. The first kappa shape index (κ1) is 19.7. The minimum Gasteiger partial charge on any atom is -0.441 e. The van der Waals surface area contributed by atoms with Crippen molar-refractivity contribution in [3.63, 3.8) is 0 Å². The number of aryl methyl sites for hydroxylation is 2. The number of ether oxygens (including phenoxy) is 2. The maximum atomic E-state index is 6.32. The fourth-order valence-electron chi connectivity index (χ4n) is 3.70. The van der Waals surface area contributed by atoms with Gasteiger partial charge in [0, 0.05) is 24.8 Å². The Labute approximate surface area is 170 Å². The molecule has 3 aromatic rings. The van der Waals surface area contributed by atoms with E-state index in [1.165, 1.54) is 12.0 Å². The van der Waals surface area contributed by atoms with E-state index in [1.807, 2.05) is 19.1 Å². The minimum absolute atomic E-state index is 0.364. The molecule has 2 heterocycles. The number of rotatable bonds is 8. The molecule has 0 spiro atoms. The predicted octanol–water partition coefficient (Wildman–Crippen LogP) is 3.91. The number of hydrogen-bond donors (Lipinski definition) is 1. The maximum Gasteiger partial charge on any atom is 0.226 e. The second-order valence-electron chi connectivity index (χ2n) is 7.58. The molecule has 0 amide bonds. The van der Waals surface area contributed by atoms with Crippen LogP contribution in [0.4, 0.5) is 0 Å². The number of nitrogens with one attached hydrogen (secondary N) is 1. The van der Waals surface area contributed by atoms with Crippen LogP contribution in [0, 0.1) is 13.8 Å². The van der Waals surface area contributed by atoms with Crippen LogP contribution in [0.25, 0.3) is 11.5 Å². The highest BCUT2D eigenvalue weighted by Crippen LogP contribution is 2.34. The summed E-state index contributed by atoms with van der Waals surface area (Å²) in [5.41, 5.74) is 2.96.